The predicted octanol–water partition coefficient (Wildman–Crippen LogP) is 4.36. The molecule has 1 unspecified atom stereocenters. The molecule has 16 heavy (non-hydrogen) atoms. The van der Waals surface area contributed by atoms with Crippen molar-refractivity contribution in [3.05, 3.63) is 40.9 Å². The third kappa shape index (κ3) is 4.73. The van der Waals surface area contributed by atoms with Gasteiger partial charge in [0, 0.05) is 16.7 Å². The van der Waals surface area contributed by atoms with Crippen LogP contribution in [0.15, 0.2) is 40.2 Å². The monoisotopic (exact) mass is 299 g/mol. The second-order valence-electron chi connectivity index (χ2n) is 3.66. The number of nitrogens with one attached hydrogen (secondary N) is 1. The molecule has 0 aromatic heterocycles. The number of halogens is 1. The molecule has 0 heterocycles. The lowest BCUT2D eigenvalue weighted by molar-refractivity contribution is 0.597. The summed E-state index contributed by atoms with van der Waals surface area (Å²) in [6, 6.07) is 9.08. The minimum absolute atomic E-state index is 0.415. The van der Waals surface area contributed by atoms with Crippen molar-refractivity contribution in [2.45, 2.75) is 24.8 Å². The third-order valence-corrected chi connectivity index (χ3v) is 4.00. The molecule has 0 amide bonds. The van der Waals surface area contributed by atoms with Gasteiger partial charge in [0.1, 0.15) is 0 Å². The zero-order valence-electron chi connectivity index (χ0n) is 9.79. The lowest BCUT2D eigenvalue weighted by Crippen LogP contribution is -2.17. The molecule has 0 fully saturated rings. The number of hydrogen-bond donors (Lipinski definition) is 1. The highest BCUT2D eigenvalue weighted by molar-refractivity contribution is 9.11. The lowest BCUT2D eigenvalue weighted by atomic mass is 10.1. The Hall–Kier alpha value is -0.250. The van der Waals surface area contributed by atoms with Crippen LogP contribution in [-0.4, -0.2) is 12.3 Å². The number of thioether (sulfide) groups is 1. The molecule has 0 aliphatic rings. The first kappa shape index (κ1) is 13.8. The normalized spacial score (nSPS) is 12.4. The van der Waals surface area contributed by atoms with Crippen LogP contribution in [-0.2, 0) is 0 Å². The second-order valence-corrected chi connectivity index (χ2v) is 5.83. The highest BCUT2D eigenvalue weighted by Crippen LogP contribution is 2.24. The van der Waals surface area contributed by atoms with Crippen molar-refractivity contribution in [2.24, 2.45) is 0 Å². The largest absolute Gasteiger partial charge is 0.310 e. The SMILES string of the molecule is C=C(Br)CSc1cccc(C(C)NCC)c1. The Labute approximate surface area is 111 Å². The van der Waals surface area contributed by atoms with Crippen molar-refractivity contribution in [2.75, 3.05) is 12.3 Å². The van der Waals surface area contributed by atoms with Crippen molar-refractivity contribution in [3.63, 3.8) is 0 Å². The molecule has 0 radical (unpaired) electrons. The molecule has 1 nitrogen and oxygen atoms in total. The Bertz CT molecular complexity index is 352. The van der Waals surface area contributed by atoms with E-state index >= 15 is 0 Å². The smallest absolute Gasteiger partial charge is 0.0292 e. The molecule has 0 saturated heterocycles. The Morgan fingerprint density at radius 3 is 2.94 bits per heavy atom. The summed E-state index contributed by atoms with van der Waals surface area (Å²) in [5.74, 6) is 0.916. The van der Waals surface area contributed by atoms with Crippen LogP contribution in [0.3, 0.4) is 0 Å². The fourth-order valence-corrected chi connectivity index (χ4v) is 2.52. The zero-order valence-corrected chi connectivity index (χ0v) is 12.2. The first-order chi connectivity index (χ1) is 7.63. The summed E-state index contributed by atoms with van der Waals surface area (Å²) in [6.45, 7) is 9.16. The molecule has 1 aromatic carbocycles. The molecule has 1 N–H and O–H groups in total. The van der Waals surface area contributed by atoms with E-state index in [-0.39, 0.29) is 0 Å². The Morgan fingerprint density at radius 1 is 1.56 bits per heavy atom. The van der Waals surface area contributed by atoms with Crippen LogP contribution >= 0.6 is 27.7 Å². The molecule has 0 saturated carbocycles. The van der Waals surface area contributed by atoms with Crippen molar-refractivity contribution in [1.82, 2.24) is 5.32 Å². The predicted molar refractivity (Wildman–Crippen MR) is 77.3 cm³/mol. The molecule has 1 atom stereocenters. The van der Waals surface area contributed by atoms with Gasteiger partial charge in [-0.1, -0.05) is 41.6 Å². The minimum Gasteiger partial charge on any atom is -0.310 e. The Kier molecular flexibility index (Phi) is 6.17. The molecular weight excluding hydrogens is 282 g/mol. The minimum atomic E-state index is 0.415. The molecule has 88 valence electrons. The highest BCUT2D eigenvalue weighted by atomic mass is 79.9. The van der Waals surface area contributed by atoms with Crippen LogP contribution in [0.5, 0.6) is 0 Å². The lowest BCUT2D eigenvalue weighted by Gasteiger charge is -2.13. The van der Waals surface area contributed by atoms with Crippen molar-refractivity contribution in [3.8, 4) is 0 Å². The van der Waals surface area contributed by atoms with Crippen LogP contribution < -0.4 is 5.32 Å². The van der Waals surface area contributed by atoms with Gasteiger partial charge in [-0.3, -0.25) is 0 Å². The molecule has 3 heteroatoms. The summed E-state index contributed by atoms with van der Waals surface area (Å²) in [7, 11) is 0. The first-order valence-electron chi connectivity index (χ1n) is 5.43. The molecule has 0 aliphatic carbocycles. The van der Waals surface area contributed by atoms with E-state index in [1.807, 2.05) is 0 Å². The average molecular weight is 300 g/mol. The number of rotatable bonds is 6. The average Bonchev–Trinajstić information content (AvgIpc) is 2.27. The molecular formula is C13H18BrNS. The van der Waals surface area contributed by atoms with Gasteiger partial charge in [0.2, 0.25) is 0 Å². The van der Waals surface area contributed by atoms with Crippen molar-refractivity contribution < 1.29 is 0 Å². The molecule has 0 aliphatic heterocycles. The quantitative estimate of drug-likeness (QED) is 0.784. The van der Waals surface area contributed by atoms with Gasteiger partial charge in [-0.25, -0.2) is 0 Å². The van der Waals surface area contributed by atoms with E-state index in [1.54, 1.807) is 11.8 Å². The summed E-state index contributed by atoms with van der Waals surface area (Å²) in [4.78, 5) is 1.29. The van der Waals surface area contributed by atoms with Crippen LogP contribution in [0.2, 0.25) is 0 Å². The van der Waals surface area contributed by atoms with Gasteiger partial charge < -0.3 is 5.32 Å². The number of hydrogen-bond acceptors (Lipinski definition) is 2. The molecule has 1 aromatic rings. The maximum Gasteiger partial charge on any atom is 0.0292 e. The van der Waals surface area contributed by atoms with E-state index in [1.165, 1.54) is 10.5 Å². The van der Waals surface area contributed by atoms with Crippen LogP contribution in [0.25, 0.3) is 0 Å². The van der Waals surface area contributed by atoms with E-state index < -0.39 is 0 Å². The fourth-order valence-electron chi connectivity index (χ4n) is 1.46. The zero-order chi connectivity index (χ0) is 12.0. The van der Waals surface area contributed by atoms with Gasteiger partial charge in [0.25, 0.3) is 0 Å². The van der Waals surface area contributed by atoms with Gasteiger partial charge in [-0.05, 0) is 35.6 Å². The highest BCUT2D eigenvalue weighted by Gasteiger charge is 2.04. The Morgan fingerprint density at radius 2 is 2.31 bits per heavy atom. The fraction of sp³-hybridized carbons (Fsp3) is 0.385. The van der Waals surface area contributed by atoms with Gasteiger partial charge in [-0.15, -0.1) is 11.8 Å². The number of benzene rings is 1. The summed E-state index contributed by atoms with van der Waals surface area (Å²) >= 11 is 5.18. The van der Waals surface area contributed by atoms with Gasteiger partial charge in [0.15, 0.2) is 0 Å². The Balaban J connectivity index is 2.66. The van der Waals surface area contributed by atoms with E-state index in [0.717, 1.165) is 16.8 Å². The second kappa shape index (κ2) is 7.15. The third-order valence-electron chi connectivity index (χ3n) is 2.26. The standard InChI is InChI=1S/C13H18BrNS/c1-4-15-11(3)12-6-5-7-13(8-12)16-9-10(2)14/h5-8,11,15H,2,4,9H2,1,3H3. The summed E-state index contributed by atoms with van der Waals surface area (Å²) in [5.41, 5.74) is 1.34. The molecule has 0 spiro atoms. The maximum absolute atomic E-state index is 3.84. The summed E-state index contributed by atoms with van der Waals surface area (Å²) in [5, 5.41) is 3.42. The van der Waals surface area contributed by atoms with E-state index in [9.17, 15) is 0 Å². The van der Waals surface area contributed by atoms with E-state index in [4.69, 9.17) is 0 Å². The van der Waals surface area contributed by atoms with Crippen molar-refractivity contribution in [1.29, 1.82) is 0 Å². The molecule has 0 bridgehead atoms. The topological polar surface area (TPSA) is 12.0 Å². The van der Waals surface area contributed by atoms with Crippen LogP contribution in [0.4, 0.5) is 0 Å². The maximum atomic E-state index is 3.84. The van der Waals surface area contributed by atoms with Crippen molar-refractivity contribution >= 4 is 27.7 Å². The summed E-state index contributed by atoms with van der Waals surface area (Å²) in [6.07, 6.45) is 0. The molecule has 1 rings (SSSR count). The van der Waals surface area contributed by atoms with Gasteiger partial charge in [0.05, 0.1) is 0 Å². The van der Waals surface area contributed by atoms with Gasteiger partial charge in [-0.2, -0.15) is 0 Å². The first-order valence-corrected chi connectivity index (χ1v) is 7.20. The van der Waals surface area contributed by atoms with Gasteiger partial charge >= 0.3 is 0 Å². The van der Waals surface area contributed by atoms with Crippen LogP contribution in [0, 0.1) is 0 Å². The van der Waals surface area contributed by atoms with E-state index in [2.05, 4.69) is 65.9 Å². The van der Waals surface area contributed by atoms with Crippen LogP contribution in [0.1, 0.15) is 25.5 Å². The summed E-state index contributed by atoms with van der Waals surface area (Å²) < 4.78 is 1.03. The van der Waals surface area contributed by atoms with E-state index in [0.29, 0.717) is 6.04 Å².